The number of ether oxygens (including phenoxy) is 1. The summed E-state index contributed by atoms with van der Waals surface area (Å²) in [6, 6.07) is 12.7. The van der Waals surface area contributed by atoms with Crippen molar-refractivity contribution in [2.24, 2.45) is 0 Å². The molecule has 1 aliphatic carbocycles. The highest BCUT2D eigenvalue weighted by Crippen LogP contribution is 2.25. The molecule has 0 saturated carbocycles. The van der Waals surface area contributed by atoms with E-state index in [1.807, 2.05) is 24.3 Å². The van der Waals surface area contributed by atoms with E-state index < -0.39 is 0 Å². The summed E-state index contributed by atoms with van der Waals surface area (Å²) in [7, 11) is 0. The van der Waals surface area contributed by atoms with E-state index in [4.69, 9.17) is 4.74 Å². The van der Waals surface area contributed by atoms with Crippen molar-refractivity contribution in [3.05, 3.63) is 69.6 Å². The van der Waals surface area contributed by atoms with E-state index in [2.05, 4.69) is 15.3 Å². The second kappa shape index (κ2) is 10.9. The Kier molecular flexibility index (Phi) is 7.30. The number of aryl methyl sites for hydroxylation is 2. The Morgan fingerprint density at radius 3 is 2.73 bits per heavy atom. The highest BCUT2D eigenvalue weighted by atomic mass is 16.5. The van der Waals surface area contributed by atoms with Crippen molar-refractivity contribution in [2.45, 2.75) is 51.0 Å². The third kappa shape index (κ3) is 5.87. The Bertz CT molecular complexity index is 1390. The van der Waals surface area contributed by atoms with Crippen molar-refractivity contribution >= 4 is 28.6 Å². The molecule has 1 aromatic heterocycles. The molecule has 0 radical (unpaired) electrons. The number of amides is 2. The first-order chi connectivity index (χ1) is 18.0. The summed E-state index contributed by atoms with van der Waals surface area (Å²) < 4.78 is 5.63. The van der Waals surface area contributed by atoms with Crippen LogP contribution in [-0.4, -0.2) is 58.2 Å². The number of likely N-dealkylation sites (tertiary alicyclic amines) is 1. The van der Waals surface area contributed by atoms with Crippen LogP contribution >= 0.6 is 0 Å². The van der Waals surface area contributed by atoms with Crippen molar-refractivity contribution in [1.29, 1.82) is 0 Å². The average molecular weight is 503 g/mol. The van der Waals surface area contributed by atoms with Crippen LogP contribution < -0.4 is 15.6 Å². The number of para-hydroxylation sites is 2. The minimum atomic E-state index is -0.267. The van der Waals surface area contributed by atoms with Gasteiger partial charge >= 0.3 is 0 Å². The Hall–Kier alpha value is -4.01. The number of benzene rings is 2. The summed E-state index contributed by atoms with van der Waals surface area (Å²) in [4.78, 5) is 58.5. The van der Waals surface area contributed by atoms with Gasteiger partial charge in [-0.2, -0.15) is 0 Å². The van der Waals surface area contributed by atoms with E-state index in [1.165, 1.54) is 0 Å². The van der Waals surface area contributed by atoms with Crippen molar-refractivity contribution < 1.29 is 19.1 Å². The first-order valence-electron chi connectivity index (χ1n) is 12.8. The van der Waals surface area contributed by atoms with Crippen LogP contribution in [0.3, 0.4) is 0 Å². The molecule has 2 heterocycles. The number of carbonyl (C=O) groups is 3. The van der Waals surface area contributed by atoms with Crippen molar-refractivity contribution in [3.63, 3.8) is 0 Å². The molecular weight excluding hydrogens is 472 g/mol. The number of rotatable bonds is 7. The highest BCUT2D eigenvalue weighted by molar-refractivity contribution is 5.98. The zero-order valence-electron chi connectivity index (χ0n) is 20.6. The molecule has 5 rings (SSSR count). The molecule has 0 bridgehead atoms. The van der Waals surface area contributed by atoms with E-state index in [9.17, 15) is 19.2 Å². The van der Waals surface area contributed by atoms with Gasteiger partial charge in [-0.3, -0.25) is 19.2 Å². The average Bonchev–Trinajstić information content (AvgIpc) is 2.91. The second-order valence-corrected chi connectivity index (χ2v) is 9.64. The van der Waals surface area contributed by atoms with Crippen LogP contribution in [0.2, 0.25) is 0 Å². The predicted molar refractivity (Wildman–Crippen MR) is 138 cm³/mol. The van der Waals surface area contributed by atoms with Gasteiger partial charge in [0.1, 0.15) is 11.4 Å². The molecule has 2 aromatic carbocycles. The van der Waals surface area contributed by atoms with Crippen LogP contribution in [0.1, 0.15) is 53.7 Å². The number of aromatic nitrogens is 2. The van der Waals surface area contributed by atoms with E-state index in [0.717, 1.165) is 18.4 Å². The molecule has 0 unspecified atom stereocenters. The fourth-order valence-corrected chi connectivity index (χ4v) is 5.01. The standard InChI is InChI=1S/C28H30N4O5/c33-25-7-3-4-18-8-9-20(16-21(18)25)37-17-26(34)29-19-12-14-32(15-13-19)27(35)11-10-24-28(36)31-23-6-2-1-5-22(23)30-24/h1-2,5-6,8-9,16,19H,3-4,7,10-15,17H2,(H,29,34)(H,31,36). The molecule has 1 aliphatic heterocycles. The Morgan fingerprint density at radius 2 is 1.89 bits per heavy atom. The Balaban J connectivity index is 1.05. The lowest BCUT2D eigenvalue weighted by Crippen LogP contribution is -2.47. The molecule has 192 valence electrons. The fourth-order valence-electron chi connectivity index (χ4n) is 5.01. The number of nitrogens with one attached hydrogen (secondary N) is 2. The summed E-state index contributed by atoms with van der Waals surface area (Å²) in [6.07, 6.45) is 4.11. The maximum Gasteiger partial charge on any atom is 0.270 e. The molecule has 2 aliphatic rings. The third-order valence-corrected chi connectivity index (χ3v) is 7.06. The van der Waals surface area contributed by atoms with Crippen molar-refractivity contribution in [2.75, 3.05) is 19.7 Å². The number of hydrogen-bond donors (Lipinski definition) is 2. The largest absolute Gasteiger partial charge is 0.484 e. The Labute approximate surface area is 214 Å². The molecule has 3 aromatic rings. The molecule has 37 heavy (non-hydrogen) atoms. The molecule has 1 saturated heterocycles. The normalized spacial score (nSPS) is 15.9. The summed E-state index contributed by atoms with van der Waals surface area (Å²) in [5, 5.41) is 2.98. The van der Waals surface area contributed by atoms with E-state index in [1.54, 1.807) is 23.1 Å². The van der Waals surface area contributed by atoms with E-state index in [-0.39, 0.29) is 48.6 Å². The van der Waals surface area contributed by atoms with Gasteiger partial charge < -0.3 is 19.9 Å². The monoisotopic (exact) mass is 502 g/mol. The molecule has 2 amide bonds. The van der Waals surface area contributed by atoms with Gasteiger partial charge in [0.15, 0.2) is 12.4 Å². The lowest BCUT2D eigenvalue weighted by Gasteiger charge is -2.32. The highest BCUT2D eigenvalue weighted by Gasteiger charge is 2.24. The van der Waals surface area contributed by atoms with Gasteiger partial charge in [-0.25, -0.2) is 4.98 Å². The summed E-state index contributed by atoms with van der Waals surface area (Å²) in [6.45, 7) is 0.956. The number of Topliss-reactive ketones (excluding diaryl/α,β-unsaturated/α-hetero) is 1. The van der Waals surface area contributed by atoms with Crippen LogP contribution in [0.4, 0.5) is 0 Å². The summed E-state index contributed by atoms with van der Waals surface area (Å²) in [5.74, 6) is 0.391. The molecule has 0 atom stereocenters. The van der Waals surface area contributed by atoms with Crippen LogP contribution in [-0.2, 0) is 22.4 Å². The van der Waals surface area contributed by atoms with Crippen LogP contribution in [0.25, 0.3) is 11.0 Å². The maximum absolute atomic E-state index is 12.7. The topological polar surface area (TPSA) is 121 Å². The third-order valence-electron chi connectivity index (χ3n) is 7.06. The van der Waals surface area contributed by atoms with E-state index >= 15 is 0 Å². The number of ketones is 1. The Morgan fingerprint density at radius 1 is 1.08 bits per heavy atom. The van der Waals surface area contributed by atoms with Crippen LogP contribution in [0, 0.1) is 0 Å². The predicted octanol–water partition coefficient (Wildman–Crippen LogP) is 2.56. The quantitative estimate of drug-likeness (QED) is 0.512. The number of aromatic amines is 1. The van der Waals surface area contributed by atoms with Crippen LogP contribution in [0.5, 0.6) is 5.75 Å². The second-order valence-electron chi connectivity index (χ2n) is 9.64. The molecule has 9 heteroatoms. The summed E-state index contributed by atoms with van der Waals surface area (Å²) >= 11 is 0. The number of carbonyl (C=O) groups excluding carboxylic acids is 3. The molecular formula is C28H30N4O5. The fraction of sp³-hybridized carbons (Fsp3) is 0.393. The summed E-state index contributed by atoms with van der Waals surface area (Å²) in [5.41, 5.74) is 3.20. The zero-order valence-corrected chi connectivity index (χ0v) is 20.6. The van der Waals surface area contributed by atoms with Gasteiger partial charge in [-0.15, -0.1) is 0 Å². The maximum atomic E-state index is 12.7. The number of fused-ring (bicyclic) bond motifs is 2. The number of hydrogen-bond acceptors (Lipinski definition) is 6. The molecule has 2 N–H and O–H groups in total. The van der Waals surface area contributed by atoms with Gasteiger partial charge in [-0.1, -0.05) is 18.2 Å². The number of nitrogens with zero attached hydrogens (tertiary/aromatic N) is 2. The van der Waals surface area contributed by atoms with Gasteiger partial charge in [0, 0.05) is 44.0 Å². The SMILES string of the molecule is O=C(COc1ccc2c(c1)C(=O)CCC2)NC1CCN(C(=O)CCc2nc3ccccc3[nH]c2=O)CC1. The lowest BCUT2D eigenvalue weighted by molar-refractivity contribution is -0.132. The minimum Gasteiger partial charge on any atom is -0.484 e. The molecule has 1 fully saturated rings. The minimum absolute atomic E-state index is 0.0237. The molecule has 0 spiro atoms. The zero-order chi connectivity index (χ0) is 25.8. The van der Waals surface area contributed by atoms with E-state index in [0.29, 0.717) is 60.4 Å². The number of piperidine rings is 1. The molecule has 9 nitrogen and oxygen atoms in total. The smallest absolute Gasteiger partial charge is 0.270 e. The van der Waals surface area contributed by atoms with Crippen molar-refractivity contribution in [3.8, 4) is 5.75 Å². The van der Waals surface area contributed by atoms with Gasteiger partial charge in [0.05, 0.1) is 11.0 Å². The van der Waals surface area contributed by atoms with Crippen LogP contribution in [0.15, 0.2) is 47.3 Å². The van der Waals surface area contributed by atoms with Gasteiger partial charge in [0.25, 0.3) is 11.5 Å². The van der Waals surface area contributed by atoms with Gasteiger partial charge in [0.2, 0.25) is 5.91 Å². The lowest BCUT2D eigenvalue weighted by atomic mass is 9.90. The first kappa shape index (κ1) is 24.7. The first-order valence-corrected chi connectivity index (χ1v) is 12.8. The van der Waals surface area contributed by atoms with Gasteiger partial charge in [-0.05, 0) is 55.5 Å². The number of H-pyrrole nitrogens is 1. The van der Waals surface area contributed by atoms with Crippen molar-refractivity contribution in [1.82, 2.24) is 20.2 Å².